The van der Waals surface area contributed by atoms with Crippen molar-refractivity contribution in [3.63, 3.8) is 0 Å². The van der Waals surface area contributed by atoms with Gasteiger partial charge in [-0.3, -0.25) is 14.5 Å². The number of carboxylic acid groups (broad SMARTS) is 1. The van der Waals surface area contributed by atoms with Crippen LogP contribution in [0.3, 0.4) is 0 Å². The van der Waals surface area contributed by atoms with Crippen LogP contribution in [0.4, 0.5) is 5.69 Å². The van der Waals surface area contributed by atoms with E-state index in [1.807, 2.05) is 0 Å². The molecule has 2 aliphatic heterocycles. The Balaban J connectivity index is 1.75. The van der Waals surface area contributed by atoms with Gasteiger partial charge in [-0.15, -0.1) is 0 Å². The van der Waals surface area contributed by atoms with Crippen LogP contribution in [-0.4, -0.2) is 54.8 Å². The lowest BCUT2D eigenvalue weighted by atomic mass is 9.99. The van der Waals surface area contributed by atoms with Gasteiger partial charge < -0.3 is 19.9 Å². The number of anilines is 1. The molecular formula is C15H16N2O6. The predicted molar refractivity (Wildman–Crippen MR) is 78.2 cm³/mol. The molecule has 2 heterocycles. The van der Waals surface area contributed by atoms with Gasteiger partial charge in [-0.1, -0.05) is 12.1 Å². The molecule has 1 saturated heterocycles. The average Bonchev–Trinajstić information content (AvgIpc) is 3.00. The number of rotatable bonds is 4. The van der Waals surface area contributed by atoms with Crippen LogP contribution in [0.1, 0.15) is 6.42 Å². The summed E-state index contributed by atoms with van der Waals surface area (Å²) in [6.45, 7) is -0.237. The van der Waals surface area contributed by atoms with Crippen LogP contribution in [0.2, 0.25) is 0 Å². The van der Waals surface area contributed by atoms with Gasteiger partial charge in [-0.2, -0.15) is 0 Å². The van der Waals surface area contributed by atoms with E-state index in [4.69, 9.17) is 9.47 Å². The van der Waals surface area contributed by atoms with Crippen molar-refractivity contribution in [1.29, 1.82) is 0 Å². The molecule has 1 fully saturated rings. The van der Waals surface area contributed by atoms with Crippen LogP contribution >= 0.6 is 0 Å². The molecule has 8 heteroatoms. The van der Waals surface area contributed by atoms with E-state index in [2.05, 4.69) is 5.32 Å². The Morgan fingerprint density at radius 3 is 2.83 bits per heavy atom. The maximum Gasteiger partial charge on any atom is 0.331 e. The summed E-state index contributed by atoms with van der Waals surface area (Å²) in [5.41, 5.74) is -0.933. The summed E-state index contributed by atoms with van der Waals surface area (Å²) < 4.78 is 10.4. The average molecular weight is 320 g/mol. The Bertz CT molecular complexity index is 653. The molecule has 0 aliphatic carbocycles. The molecule has 3 rings (SSSR count). The molecule has 0 radical (unpaired) electrons. The maximum absolute atomic E-state index is 12.3. The summed E-state index contributed by atoms with van der Waals surface area (Å²) in [4.78, 5) is 37.0. The zero-order chi connectivity index (χ0) is 16.4. The summed E-state index contributed by atoms with van der Waals surface area (Å²) in [6, 6.07) is 6.87. The number of carbonyl (C=O) groups is 3. The lowest BCUT2D eigenvalue weighted by molar-refractivity contribution is -0.147. The molecular weight excluding hydrogens is 304 g/mol. The van der Waals surface area contributed by atoms with E-state index in [0.29, 0.717) is 11.4 Å². The van der Waals surface area contributed by atoms with E-state index in [1.54, 1.807) is 24.3 Å². The second-order valence-corrected chi connectivity index (χ2v) is 5.47. The van der Waals surface area contributed by atoms with Crippen LogP contribution in [0.15, 0.2) is 24.3 Å². The fourth-order valence-electron chi connectivity index (χ4n) is 2.66. The molecule has 1 aromatic carbocycles. The number of fused-ring (bicyclic) bond motifs is 1. The molecule has 1 aromatic rings. The van der Waals surface area contributed by atoms with Crippen molar-refractivity contribution >= 4 is 23.5 Å². The predicted octanol–water partition coefficient (Wildman–Crippen LogP) is -0.228. The van der Waals surface area contributed by atoms with Gasteiger partial charge in [0, 0.05) is 13.0 Å². The molecule has 2 amide bonds. The van der Waals surface area contributed by atoms with Gasteiger partial charge in [0.2, 0.25) is 5.91 Å². The third-order valence-electron chi connectivity index (χ3n) is 3.92. The molecule has 0 saturated carbocycles. The molecule has 0 bridgehead atoms. The zero-order valence-corrected chi connectivity index (χ0v) is 12.3. The van der Waals surface area contributed by atoms with Crippen LogP contribution in [0, 0.1) is 0 Å². The van der Waals surface area contributed by atoms with Crippen LogP contribution in [0.25, 0.3) is 0 Å². The van der Waals surface area contributed by atoms with E-state index in [0.717, 1.165) is 0 Å². The number of carboxylic acids is 1. The van der Waals surface area contributed by atoms with E-state index in [1.165, 1.54) is 4.90 Å². The van der Waals surface area contributed by atoms with Crippen molar-refractivity contribution in [1.82, 2.24) is 5.32 Å². The Kier molecular flexibility index (Phi) is 3.91. The van der Waals surface area contributed by atoms with Crippen molar-refractivity contribution in [2.45, 2.75) is 12.0 Å². The lowest BCUT2D eigenvalue weighted by Crippen LogP contribution is -2.58. The van der Waals surface area contributed by atoms with Crippen LogP contribution in [-0.2, 0) is 19.1 Å². The number of para-hydroxylation sites is 2. The molecule has 2 aliphatic rings. The minimum Gasteiger partial charge on any atom is -0.482 e. The van der Waals surface area contributed by atoms with E-state index < -0.39 is 17.4 Å². The van der Waals surface area contributed by atoms with E-state index in [9.17, 15) is 19.5 Å². The molecule has 1 atom stereocenters. The van der Waals surface area contributed by atoms with Gasteiger partial charge in [-0.25, -0.2) is 4.79 Å². The van der Waals surface area contributed by atoms with Gasteiger partial charge in [0.1, 0.15) is 12.3 Å². The second kappa shape index (κ2) is 5.88. The van der Waals surface area contributed by atoms with Gasteiger partial charge in [0.05, 0.1) is 12.3 Å². The summed E-state index contributed by atoms with van der Waals surface area (Å²) in [6.07, 6.45) is 0.196. The van der Waals surface area contributed by atoms with E-state index in [-0.39, 0.29) is 38.7 Å². The van der Waals surface area contributed by atoms with Crippen molar-refractivity contribution in [2.75, 3.05) is 31.3 Å². The third kappa shape index (κ3) is 2.85. The van der Waals surface area contributed by atoms with Crippen molar-refractivity contribution < 1.29 is 29.0 Å². The summed E-state index contributed by atoms with van der Waals surface area (Å²) in [7, 11) is 0. The monoisotopic (exact) mass is 320 g/mol. The Hall–Kier alpha value is -2.61. The number of amides is 2. The molecule has 122 valence electrons. The highest BCUT2D eigenvalue weighted by molar-refractivity contribution is 6.02. The Morgan fingerprint density at radius 2 is 2.13 bits per heavy atom. The first-order valence-electron chi connectivity index (χ1n) is 7.16. The minimum absolute atomic E-state index is 0.0816. The van der Waals surface area contributed by atoms with Crippen molar-refractivity contribution in [3.05, 3.63) is 24.3 Å². The molecule has 0 aromatic heterocycles. The van der Waals surface area contributed by atoms with Gasteiger partial charge in [0.25, 0.3) is 5.91 Å². The van der Waals surface area contributed by atoms with Gasteiger partial charge in [0.15, 0.2) is 12.1 Å². The number of carbonyl (C=O) groups excluding carboxylic acids is 2. The Labute approximate surface area is 132 Å². The third-order valence-corrected chi connectivity index (χ3v) is 3.92. The molecule has 2 N–H and O–H groups in total. The number of hydrogen-bond donors (Lipinski definition) is 2. The van der Waals surface area contributed by atoms with Crippen LogP contribution in [0.5, 0.6) is 5.75 Å². The maximum atomic E-state index is 12.3. The van der Waals surface area contributed by atoms with Crippen molar-refractivity contribution in [2.24, 2.45) is 0 Å². The topological polar surface area (TPSA) is 105 Å². The number of aliphatic carboxylic acids is 1. The summed E-state index contributed by atoms with van der Waals surface area (Å²) >= 11 is 0. The number of benzene rings is 1. The summed E-state index contributed by atoms with van der Waals surface area (Å²) in [5.74, 6) is -1.54. The number of ether oxygens (including phenoxy) is 2. The van der Waals surface area contributed by atoms with E-state index >= 15 is 0 Å². The number of nitrogens with zero attached hydrogens (tertiary/aromatic N) is 1. The smallest absolute Gasteiger partial charge is 0.331 e. The minimum atomic E-state index is -1.42. The van der Waals surface area contributed by atoms with Gasteiger partial charge in [-0.05, 0) is 12.1 Å². The zero-order valence-electron chi connectivity index (χ0n) is 12.3. The normalized spacial score (nSPS) is 23.1. The lowest BCUT2D eigenvalue weighted by Gasteiger charge is -2.30. The highest BCUT2D eigenvalue weighted by atomic mass is 16.5. The quantitative estimate of drug-likeness (QED) is 0.794. The first-order valence-corrected chi connectivity index (χ1v) is 7.16. The molecule has 23 heavy (non-hydrogen) atoms. The SMILES string of the molecule is O=C(CN1C(=O)COc2ccccc21)NC1(C(=O)O)CCOC1. The summed E-state index contributed by atoms with van der Waals surface area (Å²) in [5, 5.41) is 11.8. The first kappa shape index (κ1) is 15.3. The van der Waals surface area contributed by atoms with Crippen LogP contribution < -0.4 is 15.0 Å². The molecule has 8 nitrogen and oxygen atoms in total. The fraction of sp³-hybridized carbons (Fsp3) is 0.400. The van der Waals surface area contributed by atoms with Gasteiger partial charge >= 0.3 is 5.97 Å². The standard InChI is InChI=1S/C15H16N2O6/c18-12(16-15(14(20)21)5-6-22-9-15)7-17-10-3-1-2-4-11(10)23-8-13(17)19/h1-4H,5-9H2,(H,16,18)(H,20,21). The highest BCUT2D eigenvalue weighted by Gasteiger charge is 2.44. The van der Waals surface area contributed by atoms with Crippen molar-refractivity contribution in [3.8, 4) is 5.75 Å². The second-order valence-electron chi connectivity index (χ2n) is 5.47. The Morgan fingerprint density at radius 1 is 1.35 bits per heavy atom. The number of nitrogens with one attached hydrogen (secondary N) is 1. The first-order chi connectivity index (χ1) is 11.0. The largest absolute Gasteiger partial charge is 0.482 e. The number of hydrogen-bond acceptors (Lipinski definition) is 5. The fourth-order valence-corrected chi connectivity index (χ4v) is 2.66. The molecule has 0 spiro atoms. The highest BCUT2D eigenvalue weighted by Crippen LogP contribution is 2.31. The molecule has 1 unspecified atom stereocenters.